The molecule has 0 unspecified atom stereocenters. The Kier molecular flexibility index (Phi) is 3.91. The van der Waals surface area contributed by atoms with Gasteiger partial charge < -0.3 is 15.2 Å². The van der Waals surface area contributed by atoms with E-state index in [0.717, 1.165) is 6.42 Å². The van der Waals surface area contributed by atoms with Gasteiger partial charge in [0.1, 0.15) is 12.2 Å². The topological polar surface area (TPSA) is 104 Å². The Labute approximate surface area is 110 Å². The lowest BCUT2D eigenvalue weighted by molar-refractivity contribution is -0.129. The summed E-state index contributed by atoms with van der Waals surface area (Å²) in [4.78, 5) is 35.0. The van der Waals surface area contributed by atoms with E-state index in [9.17, 15) is 9.59 Å². The Bertz CT molecular complexity index is 492. The number of likely N-dealkylation sites (N-methyl/N-ethyl adjacent to an activating group) is 1. The average molecular weight is 264 g/mol. The van der Waals surface area contributed by atoms with E-state index in [1.165, 1.54) is 17.3 Å². The van der Waals surface area contributed by atoms with Gasteiger partial charge in [-0.2, -0.15) is 0 Å². The Hall–Kier alpha value is -2.22. The van der Waals surface area contributed by atoms with E-state index in [1.54, 1.807) is 11.9 Å². The van der Waals surface area contributed by atoms with Crippen LogP contribution in [0.5, 0.6) is 0 Å². The number of hydrogen-bond donors (Lipinski definition) is 2. The van der Waals surface area contributed by atoms with Crippen LogP contribution in [0.2, 0.25) is 0 Å². The van der Waals surface area contributed by atoms with E-state index in [-0.39, 0.29) is 24.1 Å². The number of nitrogen functional groups attached to an aromatic ring is 1. The summed E-state index contributed by atoms with van der Waals surface area (Å²) >= 11 is 0. The van der Waals surface area contributed by atoms with Crippen LogP contribution < -0.4 is 11.3 Å². The summed E-state index contributed by atoms with van der Waals surface area (Å²) in [5, 5.41) is 0. The van der Waals surface area contributed by atoms with E-state index in [1.807, 2.05) is 0 Å². The summed E-state index contributed by atoms with van der Waals surface area (Å²) in [6.07, 6.45) is 3.52. The number of hydrazine groups is 1. The van der Waals surface area contributed by atoms with E-state index >= 15 is 0 Å². The molecule has 0 bridgehead atoms. The molecule has 1 aromatic rings. The van der Waals surface area contributed by atoms with Crippen LogP contribution in [-0.2, 0) is 4.79 Å². The molecule has 0 spiro atoms. The molecule has 1 aliphatic heterocycles. The third-order valence-corrected chi connectivity index (χ3v) is 2.96. The molecule has 1 aliphatic rings. The van der Waals surface area contributed by atoms with Crippen molar-refractivity contribution in [3.8, 4) is 0 Å². The molecule has 2 rings (SSSR count). The zero-order chi connectivity index (χ0) is 13.8. The number of hydrogen-bond acceptors (Lipinski definition) is 6. The summed E-state index contributed by atoms with van der Waals surface area (Å²) < 4.78 is 0. The van der Waals surface area contributed by atoms with Crippen LogP contribution in [0.15, 0.2) is 12.4 Å². The molecule has 0 aromatic carbocycles. The molecule has 0 radical (unpaired) electrons. The molecule has 1 fully saturated rings. The van der Waals surface area contributed by atoms with Crippen molar-refractivity contribution >= 4 is 17.6 Å². The largest absolute Gasteiger partial charge is 0.344 e. The van der Waals surface area contributed by atoms with Gasteiger partial charge in [0.2, 0.25) is 5.91 Å². The van der Waals surface area contributed by atoms with Gasteiger partial charge in [0.05, 0.1) is 12.4 Å². The molecule has 0 aliphatic carbocycles. The smallest absolute Gasteiger partial charge is 0.274 e. The predicted molar refractivity (Wildman–Crippen MR) is 68.0 cm³/mol. The van der Waals surface area contributed by atoms with E-state index in [4.69, 9.17) is 5.84 Å². The van der Waals surface area contributed by atoms with Crippen LogP contribution in [-0.4, -0.2) is 58.3 Å². The first-order chi connectivity index (χ1) is 9.11. The first-order valence-electron chi connectivity index (χ1n) is 5.93. The van der Waals surface area contributed by atoms with Gasteiger partial charge in [-0.25, -0.2) is 10.8 Å². The normalized spacial score (nSPS) is 16.2. The third-order valence-electron chi connectivity index (χ3n) is 2.96. The van der Waals surface area contributed by atoms with Crippen molar-refractivity contribution in [2.75, 3.05) is 32.1 Å². The number of carbonyl (C=O) groups is 2. The second kappa shape index (κ2) is 5.61. The third kappa shape index (κ3) is 2.97. The molecule has 0 atom stereocenters. The molecule has 2 heterocycles. The summed E-state index contributed by atoms with van der Waals surface area (Å²) in [5.74, 6) is 5.15. The molecular weight excluding hydrogens is 248 g/mol. The van der Waals surface area contributed by atoms with Crippen molar-refractivity contribution in [3.63, 3.8) is 0 Å². The first kappa shape index (κ1) is 13.2. The molecule has 0 saturated carbocycles. The lowest BCUT2D eigenvalue weighted by atomic mass is 10.3. The first-order valence-corrected chi connectivity index (χ1v) is 5.93. The van der Waals surface area contributed by atoms with Gasteiger partial charge in [-0.3, -0.25) is 14.6 Å². The number of carbonyl (C=O) groups excluding carboxylic acids is 2. The number of anilines is 1. The minimum absolute atomic E-state index is 0.0668. The summed E-state index contributed by atoms with van der Waals surface area (Å²) in [6, 6.07) is 0. The standard InChI is InChI=1S/C11H16N6O2/c1-16-3-2-4-17(7-10(16)18)11(19)8-5-13-6-9(14-8)15-12/h5-6H,2-4,7,12H2,1H3,(H,14,15). The van der Waals surface area contributed by atoms with Crippen molar-refractivity contribution in [3.05, 3.63) is 18.1 Å². The highest BCUT2D eigenvalue weighted by Gasteiger charge is 2.24. The van der Waals surface area contributed by atoms with Gasteiger partial charge in [-0.15, -0.1) is 0 Å². The number of aromatic nitrogens is 2. The van der Waals surface area contributed by atoms with Crippen molar-refractivity contribution < 1.29 is 9.59 Å². The molecule has 19 heavy (non-hydrogen) atoms. The number of nitrogens with one attached hydrogen (secondary N) is 1. The molecule has 1 saturated heterocycles. The quantitative estimate of drug-likeness (QED) is 0.528. The Balaban J connectivity index is 2.16. The molecular formula is C11H16N6O2. The number of amides is 2. The van der Waals surface area contributed by atoms with Gasteiger partial charge in [0.15, 0.2) is 5.82 Å². The average Bonchev–Trinajstić information content (AvgIpc) is 2.60. The molecule has 8 heteroatoms. The minimum atomic E-state index is -0.312. The fourth-order valence-corrected chi connectivity index (χ4v) is 1.86. The maximum absolute atomic E-state index is 12.3. The van der Waals surface area contributed by atoms with Gasteiger partial charge in [0.25, 0.3) is 5.91 Å². The highest BCUT2D eigenvalue weighted by molar-refractivity contribution is 5.95. The van der Waals surface area contributed by atoms with Crippen molar-refractivity contribution in [1.29, 1.82) is 0 Å². The van der Waals surface area contributed by atoms with Gasteiger partial charge in [-0.05, 0) is 6.42 Å². The number of rotatable bonds is 2. The summed E-state index contributed by atoms with van der Waals surface area (Å²) in [6.45, 7) is 1.24. The fraction of sp³-hybridized carbons (Fsp3) is 0.455. The molecule has 3 N–H and O–H groups in total. The van der Waals surface area contributed by atoms with Gasteiger partial charge in [0, 0.05) is 20.1 Å². The van der Waals surface area contributed by atoms with Crippen LogP contribution in [0.4, 0.5) is 5.82 Å². The van der Waals surface area contributed by atoms with Crippen molar-refractivity contribution in [2.24, 2.45) is 5.84 Å². The zero-order valence-corrected chi connectivity index (χ0v) is 10.7. The van der Waals surface area contributed by atoms with Crippen LogP contribution in [0, 0.1) is 0 Å². The van der Waals surface area contributed by atoms with Gasteiger partial charge in [-0.1, -0.05) is 0 Å². The van der Waals surface area contributed by atoms with Crippen LogP contribution in [0.25, 0.3) is 0 Å². The Morgan fingerprint density at radius 3 is 2.95 bits per heavy atom. The summed E-state index contributed by atoms with van der Waals surface area (Å²) in [5.41, 5.74) is 2.51. The maximum atomic E-state index is 12.3. The van der Waals surface area contributed by atoms with Gasteiger partial charge >= 0.3 is 0 Å². The lowest BCUT2D eigenvalue weighted by Gasteiger charge is -2.19. The zero-order valence-electron chi connectivity index (χ0n) is 10.7. The van der Waals surface area contributed by atoms with Crippen molar-refractivity contribution in [2.45, 2.75) is 6.42 Å². The second-order valence-electron chi connectivity index (χ2n) is 4.33. The van der Waals surface area contributed by atoms with Crippen LogP contribution >= 0.6 is 0 Å². The molecule has 1 aromatic heterocycles. The lowest BCUT2D eigenvalue weighted by Crippen LogP contribution is -2.38. The minimum Gasteiger partial charge on any atom is -0.344 e. The SMILES string of the molecule is CN1CCCN(C(=O)c2cncc(NN)n2)CC1=O. The van der Waals surface area contributed by atoms with E-state index < -0.39 is 0 Å². The highest BCUT2D eigenvalue weighted by atomic mass is 16.2. The molecule has 2 amide bonds. The maximum Gasteiger partial charge on any atom is 0.274 e. The van der Waals surface area contributed by atoms with E-state index in [2.05, 4.69) is 15.4 Å². The second-order valence-corrected chi connectivity index (χ2v) is 4.33. The van der Waals surface area contributed by atoms with Crippen molar-refractivity contribution in [1.82, 2.24) is 19.8 Å². The van der Waals surface area contributed by atoms with Crippen LogP contribution in [0.3, 0.4) is 0 Å². The fourth-order valence-electron chi connectivity index (χ4n) is 1.86. The molecule has 102 valence electrons. The molecule has 8 nitrogen and oxygen atoms in total. The number of nitrogens with two attached hydrogens (primary N) is 1. The van der Waals surface area contributed by atoms with E-state index in [0.29, 0.717) is 18.9 Å². The van der Waals surface area contributed by atoms with Crippen LogP contribution in [0.1, 0.15) is 16.9 Å². The monoisotopic (exact) mass is 264 g/mol. The number of nitrogens with zero attached hydrogens (tertiary/aromatic N) is 4. The summed E-state index contributed by atoms with van der Waals surface area (Å²) in [7, 11) is 1.73. The predicted octanol–water partition coefficient (Wildman–Crippen LogP) is -0.933. The Morgan fingerprint density at radius 1 is 1.42 bits per heavy atom. The highest BCUT2D eigenvalue weighted by Crippen LogP contribution is 2.08. The Morgan fingerprint density at radius 2 is 2.21 bits per heavy atom.